The van der Waals surface area contributed by atoms with Gasteiger partial charge < -0.3 is 14.3 Å². The fourth-order valence-electron chi connectivity index (χ4n) is 3.27. The summed E-state index contributed by atoms with van der Waals surface area (Å²) in [5.41, 5.74) is 2.48. The first-order valence-corrected chi connectivity index (χ1v) is 10.3. The molecule has 4 aromatic rings. The molecular weight excluding hydrogens is 386 g/mol. The predicted octanol–water partition coefficient (Wildman–Crippen LogP) is 5.22. The van der Waals surface area contributed by atoms with Crippen LogP contribution >= 0.6 is 11.8 Å². The van der Waals surface area contributed by atoms with Crippen LogP contribution in [0.3, 0.4) is 0 Å². The summed E-state index contributed by atoms with van der Waals surface area (Å²) < 4.78 is 11.0. The molecule has 148 valence electrons. The molecule has 1 unspecified atom stereocenters. The molecule has 0 aliphatic rings. The highest BCUT2D eigenvalue weighted by atomic mass is 32.2. The molecule has 0 radical (unpaired) electrons. The fraction of sp³-hybridized carbons (Fsp3) is 0.227. The highest BCUT2D eigenvalue weighted by molar-refractivity contribution is 7.98. The lowest BCUT2D eigenvalue weighted by Crippen LogP contribution is -2.27. The van der Waals surface area contributed by atoms with Gasteiger partial charge >= 0.3 is 0 Å². The van der Waals surface area contributed by atoms with Gasteiger partial charge in [0.2, 0.25) is 5.89 Å². The maximum atomic E-state index is 13.0. The average Bonchev–Trinajstić information content (AvgIpc) is 3.30. The summed E-state index contributed by atoms with van der Waals surface area (Å²) in [6.07, 6.45) is 0. The minimum atomic E-state index is -0.257. The van der Waals surface area contributed by atoms with Gasteiger partial charge in [0.25, 0.3) is 5.91 Å². The Kier molecular flexibility index (Phi) is 5.40. The standard InChI is InChI=1S/C22H21N3O3S/c1-13-16-8-4-6-10-18(16)27-21(13)14(2)23-22(26)17-9-5-7-11-19(17)29-12-20-24-15(3)28-25-20/h4-11,14H,12H2,1-3H3,(H,23,26). The highest BCUT2D eigenvalue weighted by Crippen LogP contribution is 2.30. The number of aromatic nitrogens is 2. The van der Waals surface area contributed by atoms with Crippen LogP contribution in [0, 0.1) is 13.8 Å². The number of fused-ring (bicyclic) bond motifs is 1. The van der Waals surface area contributed by atoms with E-state index >= 15 is 0 Å². The van der Waals surface area contributed by atoms with Crippen LogP contribution in [0.1, 0.15) is 46.4 Å². The summed E-state index contributed by atoms with van der Waals surface area (Å²) in [4.78, 5) is 18.0. The van der Waals surface area contributed by atoms with Crippen molar-refractivity contribution in [1.29, 1.82) is 0 Å². The summed E-state index contributed by atoms with van der Waals surface area (Å²) >= 11 is 1.50. The number of para-hydroxylation sites is 1. The molecule has 4 rings (SSSR count). The molecule has 0 aliphatic carbocycles. The number of nitrogens with one attached hydrogen (secondary N) is 1. The van der Waals surface area contributed by atoms with Crippen LogP contribution in [-0.2, 0) is 5.75 Å². The molecule has 0 bridgehead atoms. The number of carbonyl (C=O) groups is 1. The lowest BCUT2D eigenvalue weighted by Gasteiger charge is -2.14. The Balaban J connectivity index is 1.51. The maximum Gasteiger partial charge on any atom is 0.252 e. The number of aryl methyl sites for hydroxylation is 2. The molecule has 1 amide bonds. The molecule has 0 spiro atoms. The van der Waals surface area contributed by atoms with Crippen molar-refractivity contribution in [2.45, 2.75) is 37.5 Å². The highest BCUT2D eigenvalue weighted by Gasteiger charge is 2.20. The van der Waals surface area contributed by atoms with Gasteiger partial charge in [-0.1, -0.05) is 35.5 Å². The Hall–Kier alpha value is -3.06. The molecule has 0 fully saturated rings. The Morgan fingerprint density at radius 1 is 1.14 bits per heavy atom. The van der Waals surface area contributed by atoms with Crippen molar-refractivity contribution in [3.05, 3.63) is 77.1 Å². The first-order valence-electron chi connectivity index (χ1n) is 9.33. The van der Waals surface area contributed by atoms with Gasteiger partial charge in [0.05, 0.1) is 17.4 Å². The quantitative estimate of drug-likeness (QED) is 0.442. The van der Waals surface area contributed by atoms with Crippen molar-refractivity contribution in [2.75, 3.05) is 0 Å². The lowest BCUT2D eigenvalue weighted by molar-refractivity contribution is 0.0932. The van der Waals surface area contributed by atoms with E-state index in [0.717, 1.165) is 27.2 Å². The van der Waals surface area contributed by atoms with Crippen LogP contribution in [0.15, 0.2) is 62.4 Å². The number of thioether (sulfide) groups is 1. The van der Waals surface area contributed by atoms with Gasteiger partial charge in [0, 0.05) is 22.8 Å². The minimum Gasteiger partial charge on any atom is -0.459 e. The van der Waals surface area contributed by atoms with E-state index in [1.807, 2.05) is 62.4 Å². The van der Waals surface area contributed by atoms with E-state index in [1.165, 1.54) is 11.8 Å². The van der Waals surface area contributed by atoms with E-state index in [0.29, 0.717) is 23.0 Å². The van der Waals surface area contributed by atoms with Gasteiger partial charge in [-0.2, -0.15) is 4.98 Å². The molecule has 1 atom stereocenters. The van der Waals surface area contributed by atoms with Crippen molar-refractivity contribution < 1.29 is 13.7 Å². The van der Waals surface area contributed by atoms with Crippen molar-refractivity contribution >= 4 is 28.6 Å². The SMILES string of the molecule is Cc1nc(CSc2ccccc2C(=O)NC(C)c2oc3ccccc3c2C)no1. The normalized spacial score (nSPS) is 12.2. The Morgan fingerprint density at radius 2 is 1.90 bits per heavy atom. The number of benzene rings is 2. The van der Waals surface area contributed by atoms with Gasteiger partial charge in [0.15, 0.2) is 5.82 Å². The van der Waals surface area contributed by atoms with Gasteiger partial charge in [-0.15, -0.1) is 11.8 Å². The number of rotatable bonds is 6. The zero-order valence-electron chi connectivity index (χ0n) is 16.4. The molecule has 7 heteroatoms. The van der Waals surface area contributed by atoms with Crippen LogP contribution < -0.4 is 5.32 Å². The van der Waals surface area contributed by atoms with Gasteiger partial charge in [-0.25, -0.2) is 0 Å². The smallest absolute Gasteiger partial charge is 0.252 e. The molecule has 1 N–H and O–H groups in total. The van der Waals surface area contributed by atoms with Crippen LogP contribution in [-0.4, -0.2) is 16.0 Å². The second-order valence-electron chi connectivity index (χ2n) is 6.80. The monoisotopic (exact) mass is 407 g/mol. The van der Waals surface area contributed by atoms with Crippen molar-refractivity contribution in [1.82, 2.24) is 15.5 Å². The Morgan fingerprint density at radius 3 is 2.66 bits per heavy atom. The van der Waals surface area contributed by atoms with Crippen molar-refractivity contribution in [3.8, 4) is 0 Å². The summed E-state index contributed by atoms with van der Waals surface area (Å²) in [5.74, 6) is 2.28. The van der Waals surface area contributed by atoms with Crippen LogP contribution in [0.4, 0.5) is 0 Å². The number of nitrogens with zero attached hydrogens (tertiary/aromatic N) is 2. The predicted molar refractivity (Wildman–Crippen MR) is 112 cm³/mol. The zero-order chi connectivity index (χ0) is 20.4. The molecule has 29 heavy (non-hydrogen) atoms. The van der Waals surface area contributed by atoms with E-state index in [4.69, 9.17) is 8.94 Å². The number of carbonyl (C=O) groups excluding carboxylic acids is 1. The number of hydrogen-bond donors (Lipinski definition) is 1. The Bertz CT molecular complexity index is 1170. The molecule has 2 aromatic heterocycles. The van der Waals surface area contributed by atoms with Crippen LogP contribution in [0.5, 0.6) is 0 Å². The van der Waals surface area contributed by atoms with E-state index in [1.54, 1.807) is 6.92 Å². The van der Waals surface area contributed by atoms with E-state index in [-0.39, 0.29) is 11.9 Å². The third-order valence-corrected chi connectivity index (χ3v) is 5.75. The first-order chi connectivity index (χ1) is 14.0. The van der Waals surface area contributed by atoms with Crippen molar-refractivity contribution in [2.24, 2.45) is 0 Å². The number of amides is 1. The van der Waals surface area contributed by atoms with Gasteiger partial charge in [0.1, 0.15) is 11.3 Å². The summed E-state index contributed by atoms with van der Waals surface area (Å²) in [6.45, 7) is 5.70. The van der Waals surface area contributed by atoms with E-state index in [2.05, 4.69) is 15.5 Å². The second-order valence-corrected chi connectivity index (χ2v) is 7.81. The third kappa shape index (κ3) is 4.05. The summed E-state index contributed by atoms with van der Waals surface area (Å²) in [5, 5.41) is 8.03. The summed E-state index contributed by atoms with van der Waals surface area (Å²) in [7, 11) is 0. The molecule has 2 heterocycles. The zero-order valence-corrected chi connectivity index (χ0v) is 17.2. The maximum absolute atomic E-state index is 13.0. The topological polar surface area (TPSA) is 81.2 Å². The largest absolute Gasteiger partial charge is 0.459 e. The van der Waals surface area contributed by atoms with Crippen LogP contribution in [0.25, 0.3) is 11.0 Å². The Labute approximate surface area is 172 Å². The molecule has 0 saturated carbocycles. The van der Waals surface area contributed by atoms with E-state index < -0.39 is 0 Å². The lowest BCUT2D eigenvalue weighted by atomic mass is 10.1. The molecular formula is C22H21N3O3S. The van der Waals surface area contributed by atoms with Gasteiger partial charge in [-0.05, 0) is 32.0 Å². The van der Waals surface area contributed by atoms with E-state index in [9.17, 15) is 4.79 Å². The minimum absolute atomic E-state index is 0.148. The van der Waals surface area contributed by atoms with Crippen LogP contribution in [0.2, 0.25) is 0 Å². The summed E-state index contributed by atoms with van der Waals surface area (Å²) in [6, 6.07) is 15.1. The fourth-order valence-corrected chi connectivity index (χ4v) is 4.16. The molecule has 0 aliphatic heterocycles. The molecule has 0 saturated heterocycles. The molecule has 6 nitrogen and oxygen atoms in total. The number of furan rings is 1. The van der Waals surface area contributed by atoms with Gasteiger partial charge in [-0.3, -0.25) is 4.79 Å². The first kappa shape index (κ1) is 19.3. The average molecular weight is 407 g/mol. The van der Waals surface area contributed by atoms with Crippen molar-refractivity contribution in [3.63, 3.8) is 0 Å². The number of hydrogen-bond acceptors (Lipinski definition) is 6. The second kappa shape index (κ2) is 8.13. The third-order valence-electron chi connectivity index (χ3n) is 4.68. The molecule has 2 aromatic carbocycles.